The zero-order chi connectivity index (χ0) is 12.3. The summed E-state index contributed by atoms with van der Waals surface area (Å²) in [6, 6.07) is 6.43. The molecule has 1 fully saturated rings. The van der Waals surface area contributed by atoms with Gasteiger partial charge in [-0.25, -0.2) is 0 Å². The molecule has 3 rings (SSSR count). The molecule has 1 aromatic carbocycles. The fourth-order valence-electron chi connectivity index (χ4n) is 3.10. The lowest BCUT2D eigenvalue weighted by Crippen LogP contribution is -2.54. The van der Waals surface area contributed by atoms with E-state index >= 15 is 0 Å². The molecule has 1 aromatic rings. The molecule has 0 spiro atoms. The summed E-state index contributed by atoms with van der Waals surface area (Å²) in [6.45, 7) is 8.63. The Bertz CT molecular complexity index is 468. The Labute approximate surface area is 103 Å². The first-order valence-electron chi connectivity index (χ1n) is 6.43. The number of benzene rings is 1. The third-order valence-corrected chi connectivity index (χ3v) is 4.40. The Morgan fingerprint density at radius 2 is 2.06 bits per heavy atom. The van der Waals surface area contributed by atoms with Gasteiger partial charge in [0.05, 0.1) is 0 Å². The average molecular weight is 232 g/mol. The van der Waals surface area contributed by atoms with Gasteiger partial charge in [0.25, 0.3) is 0 Å². The van der Waals surface area contributed by atoms with Gasteiger partial charge in [-0.3, -0.25) is 0 Å². The molecule has 0 aromatic heterocycles. The van der Waals surface area contributed by atoms with Crippen LogP contribution in [0.3, 0.4) is 0 Å². The van der Waals surface area contributed by atoms with Gasteiger partial charge >= 0.3 is 0 Å². The highest BCUT2D eigenvalue weighted by Gasteiger charge is 2.51. The van der Waals surface area contributed by atoms with Crippen molar-refractivity contribution in [2.45, 2.75) is 51.9 Å². The van der Waals surface area contributed by atoms with Crippen LogP contribution in [0.2, 0.25) is 0 Å². The van der Waals surface area contributed by atoms with E-state index in [1.807, 2.05) is 0 Å². The van der Waals surface area contributed by atoms with Crippen molar-refractivity contribution in [3.63, 3.8) is 0 Å². The number of rotatable bonds is 0. The minimum atomic E-state index is -0.442. The molecule has 0 saturated carbocycles. The minimum absolute atomic E-state index is 0.200. The molecule has 2 aliphatic rings. The maximum atomic E-state index is 6.25. The van der Waals surface area contributed by atoms with Crippen molar-refractivity contribution in [2.24, 2.45) is 5.92 Å². The smallest absolute Gasteiger partial charge is 0.208 e. The van der Waals surface area contributed by atoms with Crippen LogP contribution in [0.25, 0.3) is 0 Å². The lowest BCUT2D eigenvalue weighted by atomic mass is 9.76. The van der Waals surface area contributed by atoms with Gasteiger partial charge < -0.3 is 9.47 Å². The first-order chi connectivity index (χ1) is 7.93. The number of ether oxygens (including phenoxy) is 2. The first-order valence-corrected chi connectivity index (χ1v) is 6.43. The zero-order valence-corrected chi connectivity index (χ0v) is 11.0. The van der Waals surface area contributed by atoms with Crippen LogP contribution >= 0.6 is 0 Å². The van der Waals surface area contributed by atoms with E-state index in [9.17, 15) is 0 Å². The maximum absolute atomic E-state index is 6.25. The molecule has 1 saturated heterocycles. The van der Waals surface area contributed by atoms with Crippen LogP contribution in [-0.2, 0) is 10.3 Å². The predicted molar refractivity (Wildman–Crippen MR) is 67.0 cm³/mol. The van der Waals surface area contributed by atoms with Crippen molar-refractivity contribution in [1.29, 1.82) is 0 Å². The van der Waals surface area contributed by atoms with E-state index in [1.165, 1.54) is 11.1 Å². The Balaban J connectivity index is 2.19. The van der Waals surface area contributed by atoms with E-state index in [-0.39, 0.29) is 5.60 Å². The van der Waals surface area contributed by atoms with Crippen LogP contribution in [0.5, 0.6) is 5.75 Å². The quantitative estimate of drug-likeness (QED) is 0.678. The Morgan fingerprint density at radius 3 is 2.82 bits per heavy atom. The monoisotopic (exact) mass is 232 g/mol. The summed E-state index contributed by atoms with van der Waals surface area (Å²) in [7, 11) is 0. The summed E-state index contributed by atoms with van der Waals surface area (Å²) in [5, 5.41) is 0. The van der Waals surface area contributed by atoms with Crippen LogP contribution in [0, 0.1) is 12.8 Å². The summed E-state index contributed by atoms with van der Waals surface area (Å²) >= 11 is 0. The van der Waals surface area contributed by atoms with Gasteiger partial charge in [-0.05, 0) is 37.8 Å². The van der Waals surface area contributed by atoms with Gasteiger partial charge in [-0.15, -0.1) is 0 Å². The fraction of sp³-hybridized carbons (Fsp3) is 0.600. The summed E-state index contributed by atoms with van der Waals surface area (Å²) in [6.07, 6.45) is 2.12. The van der Waals surface area contributed by atoms with E-state index in [4.69, 9.17) is 9.47 Å². The molecule has 0 N–H and O–H groups in total. The van der Waals surface area contributed by atoms with Crippen molar-refractivity contribution >= 4 is 0 Å². The van der Waals surface area contributed by atoms with Crippen LogP contribution in [0.1, 0.15) is 44.7 Å². The second kappa shape index (κ2) is 3.26. The van der Waals surface area contributed by atoms with Crippen LogP contribution in [0.15, 0.2) is 18.2 Å². The third kappa shape index (κ3) is 1.50. The second-order valence-corrected chi connectivity index (χ2v) is 5.88. The molecule has 0 aliphatic carbocycles. The average Bonchev–Trinajstić information content (AvgIpc) is 2.23. The van der Waals surface area contributed by atoms with Crippen molar-refractivity contribution in [2.75, 3.05) is 0 Å². The minimum Gasteiger partial charge on any atom is -0.462 e. The van der Waals surface area contributed by atoms with Crippen LogP contribution < -0.4 is 4.74 Å². The Hall–Kier alpha value is -1.02. The lowest BCUT2D eigenvalue weighted by molar-refractivity contribution is -0.300. The molecule has 92 valence electrons. The topological polar surface area (TPSA) is 18.5 Å². The molecule has 17 heavy (non-hydrogen) atoms. The lowest BCUT2D eigenvalue weighted by Gasteiger charge is -2.52. The highest BCUT2D eigenvalue weighted by molar-refractivity contribution is 5.43. The van der Waals surface area contributed by atoms with Crippen molar-refractivity contribution in [1.82, 2.24) is 0 Å². The number of hydrogen-bond donors (Lipinski definition) is 0. The van der Waals surface area contributed by atoms with Crippen molar-refractivity contribution in [3.05, 3.63) is 29.3 Å². The standard InChI is InChI=1S/C15H20O2/c1-10-5-6-12-13(9-10)16-14(3)8-7-11(2)15(12,4)17-14/h5-6,9,11H,7-8H2,1-4H3/t11-,14-,15+/m1/s1. The zero-order valence-electron chi connectivity index (χ0n) is 11.0. The van der Waals surface area contributed by atoms with Crippen molar-refractivity contribution in [3.8, 4) is 5.75 Å². The molecule has 0 unspecified atom stereocenters. The third-order valence-electron chi connectivity index (χ3n) is 4.40. The molecule has 2 aliphatic heterocycles. The largest absolute Gasteiger partial charge is 0.462 e. The van der Waals surface area contributed by atoms with E-state index in [0.717, 1.165) is 18.6 Å². The number of hydrogen-bond acceptors (Lipinski definition) is 2. The molecular weight excluding hydrogens is 212 g/mol. The van der Waals surface area contributed by atoms with E-state index in [0.29, 0.717) is 5.92 Å². The van der Waals surface area contributed by atoms with Gasteiger partial charge in [0.1, 0.15) is 11.4 Å². The van der Waals surface area contributed by atoms with Gasteiger partial charge in [0, 0.05) is 18.9 Å². The maximum Gasteiger partial charge on any atom is 0.208 e. The summed E-state index contributed by atoms with van der Waals surface area (Å²) in [4.78, 5) is 0. The fourth-order valence-corrected chi connectivity index (χ4v) is 3.10. The van der Waals surface area contributed by atoms with Crippen LogP contribution in [0.4, 0.5) is 0 Å². The summed E-state index contributed by atoms with van der Waals surface area (Å²) in [5.41, 5.74) is 2.24. The summed E-state index contributed by atoms with van der Waals surface area (Å²) < 4.78 is 12.3. The number of fused-ring (bicyclic) bond motifs is 4. The van der Waals surface area contributed by atoms with Gasteiger partial charge in [-0.2, -0.15) is 0 Å². The SMILES string of the molecule is Cc1ccc2c(c1)O[C@@]1(C)CC[C@@H](C)[C@]2(C)O1. The highest BCUT2D eigenvalue weighted by atomic mass is 16.7. The first kappa shape index (κ1) is 11.1. The van der Waals surface area contributed by atoms with Crippen molar-refractivity contribution < 1.29 is 9.47 Å². The second-order valence-electron chi connectivity index (χ2n) is 5.88. The summed E-state index contributed by atoms with van der Waals surface area (Å²) in [5.74, 6) is 1.09. The molecule has 2 nitrogen and oxygen atoms in total. The van der Waals surface area contributed by atoms with Gasteiger partial charge in [-0.1, -0.05) is 19.1 Å². The highest BCUT2D eigenvalue weighted by Crippen LogP contribution is 2.52. The number of aryl methyl sites for hydroxylation is 1. The Morgan fingerprint density at radius 1 is 1.29 bits per heavy atom. The van der Waals surface area contributed by atoms with E-state index in [2.05, 4.69) is 45.9 Å². The normalized spacial score (nSPS) is 39.4. The van der Waals surface area contributed by atoms with Gasteiger partial charge in [0.15, 0.2) is 0 Å². The Kier molecular flexibility index (Phi) is 2.13. The molecule has 2 heteroatoms. The molecule has 0 radical (unpaired) electrons. The molecular formula is C15H20O2. The molecule has 0 amide bonds. The van der Waals surface area contributed by atoms with Crippen LogP contribution in [-0.4, -0.2) is 5.79 Å². The molecule has 2 bridgehead atoms. The molecule has 3 atom stereocenters. The van der Waals surface area contributed by atoms with E-state index < -0.39 is 5.79 Å². The van der Waals surface area contributed by atoms with Gasteiger partial charge in [0.2, 0.25) is 5.79 Å². The predicted octanol–water partition coefficient (Wildman–Crippen LogP) is 3.77. The van der Waals surface area contributed by atoms with E-state index in [1.54, 1.807) is 0 Å². The molecule has 2 heterocycles.